The number of methoxy groups -OCH3 is 2. The lowest BCUT2D eigenvalue weighted by Crippen LogP contribution is -2.46. The molecule has 1 aromatic heterocycles. The molecule has 1 fully saturated rings. The maximum Gasteiger partial charge on any atom is 0.421 e. The van der Waals surface area contributed by atoms with Gasteiger partial charge in [-0.1, -0.05) is 54.6 Å². The van der Waals surface area contributed by atoms with E-state index in [0.717, 1.165) is 33.8 Å². The molecule has 4 atom stereocenters. The standard InChI is InChI=1S/C38H48N2O7P/c1-7-40(8-2,9-3)47-48(41)46-36-26-35(29-14-13-25-39(4)27-29)45-37(36)28-44-38(30-15-11-10-12-16-30,31-17-21-33(42-5)22-18-31)32-19-23-34(43-6)24-20-32/h10-25,27,35-37H,7-9,26,28H2,1-6H3/q+2/t35-,36+,37-,48?/m1/s1. The second-order valence-corrected chi connectivity index (χ2v) is 12.8. The summed E-state index contributed by atoms with van der Waals surface area (Å²) in [5.74, 6) is 1.48. The Balaban J connectivity index is 1.53. The molecule has 0 N–H and O–H groups in total. The Morgan fingerprint density at radius 3 is 1.90 bits per heavy atom. The minimum absolute atomic E-state index is 0.144. The van der Waals surface area contributed by atoms with Gasteiger partial charge in [0, 0.05) is 18.1 Å². The molecule has 1 aliphatic rings. The highest BCUT2D eigenvalue weighted by Crippen LogP contribution is 2.47. The summed E-state index contributed by atoms with van der Waals surface area (Å²) in [5, 5.41) is 0. The SMILES string of the molecule is CC[N+](CC)(CC)OP([O])O[C@H]1C[C@H](c2ccc[n+](C)c2)O[C@@H]1COC(c1ccccc1)(c1ccc(OC)cc1)c1ccc(OC)cc1. The first-order valence-electron chi connectivity index (χ1n) is 16.6. The van der Waals surface area contributed by atoms with Gasteiger partial charge in [0.25, 0.3) is 0 Å². The topological polar surface area (TPSA) is 79.2 Å². The predicted molar refractivity (Wildman–Crippen MR) is 184 cm³/mol. The Labute approximate surface area is 286 Å². The molecule has 1 saturated heterocycles. The van der Waals surface area contributed by atoms with Crippen LogP contribution < -0.4 is 14.0 Å². The molecular formula is C38H48N2O7P+2. The van der Waals surface area contributed by atoms with Crippen LogP contribution in [0.3, 0.4) is 0 Å². The number of quaternary nitrogens is 1. The Morgan fingerprint density at radius 1 is 0.812 bits per heavy atom. The predicted octanol–water partition coefficient (Wildman–Crippen LogP) is 7.22. The molecule has 0 bridgehead atoms. The van der Waals surface area contributed by atoms with Gasteiger partial charge in [-0.15, -0.1) is 9.52 Å². The fraction of sp³-hybridized carbons (Fsp3) is 0.395. The lowest BCUT2D eigenvalue weighted by Gasteiger charge is -2.37. The molecule has 0 spiro atoms. The lowest BCUT2D eigenvalue weighted by atomic mass is 9.80. The minimum atomic E-state index is -2.45. The highest BCUT2D eigenvalue weighted by Gasteiger charge is 2.45. The second-order valence-electron chi connectivity index (χ2n) is 12.0. The van der Waals surface area contributed by atoms with Crippen LogP contribution in [0.2, 0.25) is 0 Å². The van der Waals surface area contributed by atoms with Crippen molar-refractivity contribution in [2.45, 2.75) is 51.1 Å². The van der Waals surface area contributed by atoms with E-state index in [0.29, 0.717) is 26.1 Å². The first-order valence-corrected chi connectivity index (χ1v) is 17.7. The van der Waals surface area contributed by atoms with Crippen molar-refractivity contribution < 1.29 is 42.2 Å². The number of benzene rings is 3. The van der Waals surface area contributed by atoms with E-state index < -0.39 is 26.4 Å². The summed E-state index contributed by atoms with van der Waals surface area (Å²) in [6.45, 7) is 8.26. The third kappa shape index (κ3) is 7.90. The van der Waals surface area contributed by atoms with E-state index >= 15 is 0 Å². The molecule has 1 aliphatic heterocycles. The zero-order chi connectivity index (χ0) is 34.1. The molecule has 0 aliphatic carbocycles. The summed E-state index contributed by atoms with van der Waals surface area (Å²) in [7, 11) is 2.84. The number of hydroxylamine groups is 3. The maximum atomic E-state index is 13.5. The number of aromatic nitrogens is 1. The van der Waals surface area contributed by atoms with Gasteiger partial charge in [-0.25, -0.2) is 4.57 Å². The van der Waals surface area contributed by atoms with Crippen molar-refractivity contribution in [3.63, 3.8) is 0 Å². The summed E-state index contributed by atoms with van der Waals surface area (Å²) >= 11 is 0. The number of hydrogen-bond donors (Lipinski definition) is 0. The van der Waals surface area contributed by atoms with E-state index in [1.165, 1.54) is 0 Å². The van der Waals surface area contributed by atoms with Gasteiger partial charge in [0.1, 0.15) is 49.9 Å². The molecular weight excluding hydrogens is 627 g/mol. The van der Waals surface area contributed by atoms with Crippen molar-refractivity contribution in [3.05, 3.63) is 126 Å². The van der Waals surface area contributed by atoms with E-state index in [-0.39, 0.29) is 17.4 Å². The first-order chi connectivity index (χ1) is 23.3. The lowest BCUT2D eigenvalue weighted by molar-refractivity contribution is -1.08. The number of aryl methyl sites for hydroxylation is 1. The van der Waals surface area contributed by atoms with Crippen LogP contribution in [0.25, 0.3) is 0 Å². The quantitative estimate of drug-likeness (QED) is 0.0411. The molecule has 255 valence electrons. The summed E-state index contributed by atoms with van der Waals surface area (Å²) < 4.78 is 39.4. The van der Waals surface area contributed by atoms with Crippen molar-refractivity contribution >= 4 is 8.60 Å². The summed E-state index contributed by atoms with van der Waals surface area (Å²) in [6.07, 6.45) is 3.14. The maximum absolute atomic E-state index is 13.5. The Morgan fingerprint density at radius 2 is 1.38 bits per heavy atom. The average Bonchev–Trinajstić information content (AvgIpc) is 3.54. The fourth-order valence-electron chi connectivity index (χ4n) is 6.39. The molecule has 1 radical (unpaired) electrons. The van der Waals surface area contributed by atoms with Gasteiger partial charge in [0.2, 0.25) is 0 Å². The largest absolute Gasteiger partial charge is 0.497 e. The van der Waals surface area contributed by atoms with Gasteiger partial charge < -0.3 is 23.5 Å². The van der Waals surface area contributed by atoms with E-state index in [2.05, 4.69) is 12.1 Å². The monoisotopic (exact) mass is 675 g/mol. The average molecular weight is 676 g/mol. The smallest absolute Gasteiger partial charge is 0.421 e. The van der Waals surface area contributed by atoms with Crippen molar-refractivity contribution in [1.82, 2.24) is 0 Å². The van der Waals surface area contributed by atoms with Crippen molar-refractivity contribution in [2.75, 3.05) is 40.5 Å². The van der Waals surface area contributed by atoms with Gasteiger partial charge in [-0.3, -0.25) is 0 Å². The number of hydrogen-bond acceptors (Lipinski definition) is 6. The highest BCUT2D eigenvalue weighted by molar-refractivity contribution is 7.40. The van der Waals surface area contributed by atoms with Gasteiger partial charge in [-0.2, -0.15) is 4.65 Å². The van der Waals surface area contributed by atoms with Gasteiger partial charge in [0.05, 0.1) is 33.0 Å². The Bertz CT molecular complexity index is 1510. The van der Waals surface area contributed by atoms with Crippen molar-refractivity contribution in [1.29, 1.82) is 0 Å². The van der Waals surface area contributed by atoms with E-state index in [9.17, 15) is 4.89 Å². The second kappa shape index (κ2) is 16.3. The third-order valence-corrected chi connectivity index (χ3v) is 10.3. The Kier molecular flexibility index (Phi) is 12.2. The third-order valence-electron chi connectivity index (χ3n) is 9.36. The first kappa shape index (κ1) is 35.9. The summed E-state index contributed by atoms with van der Waals surface area (Å²) in [4.78, 5) is 13.5. The molecule has 5 rings (SSSR count). The van der Waals surface area contributed by atoms with E-state index in [4.69, 9.17) is 28.1 Å². The summed E-state index contributed by atoms with van der Waals surface area (Å²) in [5.41, 5.74) is 2.72. The Hall–Kier alpha value is -3.40. The molecule has 0 amide bonds. The van der Waals surface area contributed by atoms with Crippen LogP contribution in [0.4, 0.5) is 0 Å². The molecule has 4 aromatic rings. The van der Waals surface area contributed by atoms with Crippen LogP contribution in [-0.4, -0.2) is 57.3 Å². The number of rotatable bonds is 16. The summed E-state index contributed by atoms with van der Waals surface area (Å²) in [6, 6.07) is 30.0. The van der Waals surface area contributed by atoms with Crippen LogP contribution in [0.5, 0.6) is 11.5 Å². The minimum Gasteiger partial charge on any atom is -0.497 e. The number of pyridine rings is 1. The van der Waals surface area contributed by atoms with Crippen molar-refractivity contribution in [2.24, 2.45) is 7.05 Å². The van der Waals surface area contributed by atoms with Crippen LogP contribution in [0, 0.1) is 0 Å². The molecule has 0 saturated carbocycles. The number of ether oxygens (including phenoxy) is 4. The fourth-order valence-corrected chi connectivity index (χ4v) is 7.50. The highest BCUT2D eigenvalue weighted by atomic mass is 31.2. The van der Waals surface area contributed by atoms with E-state index in [1.54, 1.807) is 14.2 Å². The zero-order valence-corrected chi connectivity index (χ0v) is 29.7. The van der Waals surface area contributed by atoms with Gasteiger partial charge in [-0.05, 0) is 67.8 Å². The molecule has 9 nitrogen and oxygen atoms in total. The van der Waals surface area contributed by atoms with Crippen LogP contribution >= 0.6 is 8.60 Å². The van der Waals surface area contributed by atoms with Crippen molar-refractivity contribution in [3.8, 4) is 11.5 Å². The van der Waals surface area contributed by atoms with Crippen LogP contribution in [0.15, 0.2) is 103 Å². The number of nitrogens with zero attached hydrogens (tertiary/aromatic N) is 2. The molecule has 2 heterocycles. The van der Waals surface area contributed by atoms with Crippen LogP contribution in [0.1, 0.15) is 55.5 Å². The molecule has 48 heavy (non-hydrogen) atoms. The van der Waals surface area contributed by atoms with Gasteiger partial charge in [0.15, 0.2) is 12.4 Å². The van der Waals surface area contributed by atoms with Crippen LogP contribution in [-0.2, 0) is 36.2 Å². The molecule has 10 heteroatoms. The zero-order valence-electron chi connectivity index (χ0n) is 28.8. The normalized spacial score (nSPS) is 18.9. The molecule has 1 unspecified atom stereocenters. The van der Waals surface area contributed by atoms with E-state index in [1.807, 2.05) is 124 Å². The van der Waals surface area contributed by atoms with Gasteiger partial charge >= 0.3 is 8.60 Å². The molecule has 3 aromatic carbocycles.